The van der Waals surface area contributed by atoms with Gasteiger partial charge in [-0.3, -0.25) is 9.48 Å². The molecule has 0 unspecified atom stereocenters. The van der Waals surface area contributed by atoms with E-state index in [1.54, 1.807) is 25.1 Å². The molecule has 1 aromatic rings. The van der Waals surface area contributed by atoms with Crippen LogP contribution in [0.15, 0.2) is 10.7 Å². The second kappa shape index (κ2) is 9.19. The highest BCUT2D eigenvalue weighted by Gasteiger charge is 2.16. The molecule has 0 bridgehead atoms. The van der Waals surface area contributed by atoms with Crippen LogP contribution in [0.1, 0.15) is 16.9 Å². The van der Waals surface area contributed by atoms with Crippen molar-refractivity contribution in [1.82, 2.24) is 9.78 Å². The predicted molar refractivity (Wildman–Crippen MR) is 73.4 cm³/mol. The van der Waals surface area contributed by atoms with Crippen LogP contribution >= 0.6 is 15.9 Å². The van der Waals surface area contributed by atoms with Crippen LogP contribution in [0.4, 0.5) is 0 Å². The first-order valence-corrected chi connectivity index (χ1v) is 6.80. The molecule has 0 aliphatic rings. The molecule has 0 aromatic carbocycles. The molecule has 0 atom stereocenters. The summed E-state index contributed by atoms with van der Waals surface area (Å²) >= 11 is 3.34. The number of aromatic nitrogens is 2. The minimum absolute atomic E-state index is 0.00195. The van der Waals surface area contributed by atoms with Gasteiger partial charge in [0, 0.05) is 20.6 Å². The SMILES string of the molecule is COCCOCCC(=O)c1c(Br)cnn1CCOC. The summed E-state index contributed by atoms with van der Waals surface area (Å²) in [5.74, 6) is -0.00195. The third kappa shape index (κ3) is 5.40. The van der Waals surface area contributed by atoms with Crippen LogP contribution in [0.5, 0.6) is 0 Å². The lowest BCUT2D eigenvalue weighted by Gasteiger charge is -2.07. The van der Waals surface area contributed by atoms with Crippen molar-refractivity contribution in [1.29, 1.82) is 0 Å². The van der Waals surface area contributed by atoms with Crippen LogP contribution < -0.4 is 0 Å². The van der Waals surface area contributed by atoms with Gasteiger partial charge in [-0.15, -0.1) is 0 Å². The number of halogens is 1. The average molecular weight is 335 g/mol. The van der Waals surface area contributed by atoms with Crippen molar-refractivity contribution in [2.45, 2.75) is 13.0 Å². The van der Waals surface area contributed by atoms with Crippen LogP contribution in [0.25, 0.3) is 0 Å². The van der Waals surface area contributed by atoms with Crippen molar-refractivity contribution in [2.24, 2.45) is 0 Å². The number of hydrogen-bond acceptors (Lipinski definition) is 5. The summed E-state index contributed by atoms with van der Waals surface area (Å²) in [4.78, 5) is 12.1. The molecule has 0 N–H and O–H groups in total. The normalized spacial score (nSPS) is 10.9. The van der Waals surface area contributed by atoms with E-state index in [4.69, 9.17) is 14.2 Å². The lowest BCUT2D eigenvalue weighted by molar-refractivity contribution is 0.0636. The number of hydrogen-bond donors (Lipinski definition) is 0. The third-order valence-electron chi connectivity index (χ3n) is 2.47. The molecule has 0 spiro atoms. The zero-order valence-corrected chi connectivity index (χ0v) is 12.8. The Morgan fingerprint density at radius 2 is 2.00 bits per heavy atom. The van der Waals surface area contributed by atoms with Gasteiger partial charge < -0.3 is 14.2 Å². The van der Waals surface area contributed by atoms with Crippen LogP contribution in [0.3, 0.4) is 0 Å². The summed E-state index contributed by atoms with van der Waals surface area (Å²) in [7, 11) is 3.23. The maximum Gasteiger partial charge on any atom is 0.184 e. The van der Waals surface area contributed by atoms with E-state index < -0.39 is 0 Å². The van der Waals surface area contributed by atoms with Gasteiger partial charge in [-0.2, -0.15) is 5.10 Å². The van der Waals surface area contributed by atoms with Crippen LogP contribution in [0.2, 0.25) is 0 Å². The first kappa shape index (κ1) is 16.3. The number of ether oxygens (including phenoxy) is 3. The van der Waals surface area contributed by atoms with Gasteiger partial charge in [-0.05, 0) is 15.9 Å². The summed E-state index contributed by atoms with van der Waals surface area (Å²) in [5, 5.41) is 4.14. The fourth-order valence-corrected chi connectivity index (χ4v) is 2.03. The van der Waals surface area contributed by atoms with Crippen LogP contribution in [-0.2, 0) is 20.8 Å². The Hall–Kier alpha value is -0.760. The molecule has 0 amide bonds. The Bertz CT molecular complexity index is 395. The van der Waals surface area contributed by atoms with Gasteiger partial charge in [-0.1, -0.05) is 0 Å². The molecule has 0 radical (unpaired) electrons. The summed E-state index contributed by atoms with van der Waals surface area (Å²) < 4.78 is 17.5. The molecule has 0 saturated carbocycles. The average Bonchev–Trinajstić information content (AvgIpc) is 2.77. The molecule has 7 heteroatoms. The highest BCUT2D eigenvalue weighted by molar-refractivity contribution is 9.10. The van der Waals surface area contributed by atoms with Gasteiger partial charge in [0.05, 0.1) is 43.6 Å². The van der Waals surface area contributed by atoms with Gasteiger partial charge in [0.15, 0.2) is 5.78 Å². The van der Waals surface area contributed by atoms with Gasteiger partial charge >= 0.3 is 0 Å². The lowest BCUT2D eigenvalue weighted by Crippen LogP contribution is -2.16. The predicted octanol–water partition coefficient (Wildman–Crippen LogP) is 1.53. The second-order valence-electron chi connectivity index (χ2n) is 3.84. The minimum atomic E-state index is -0.00195. The standard InChI is InChI=1S/C12H19BrN2O4/c1-17-6-4-15-12(10(13)9-14-15)11(16)3-5-19-8-7-18-2/h9H,3-8H2,1-2H3. The van der Waals surface area contributed by atoms with Crippen molar-refractivity contribution in [2.75, 3.05) is 40.6 Å². The van der Waals surface area contributed by atoms with E-state index in [2.05, 4.69) is 21.0 Å². The Kier molecular flexibility index (Phi) is 7.88. The third-order valence-corrected chi connectivity index (χ3v) is 3.05. The van der Waals surface area contributed by atoms with E-state index in [1.165, 1.54) is 0 Å². The molecular formula is C12H19BrN2O4. The Morgan fingerprint density at radius 1 is 1.26 bits per heavy atom. The number of methoxy groups -OCH3 is 2. The molecular weight excluding hydrogens is 316 g/mol. The van der Waals surface area contributed by atoms with Crippen molar-refractivity contribution in [3.8, 4) is 0 Å². The smallest absolute Gasteiger partial charge is 0.184 e. The van der Waals surface area contributed by atoms with Crippen molar-refractivity contribution in [3.05, 3.63) is 16.4 Å². The summed E-state index contributed by atoms with van der Waals surface area (Å²) in [6, 6.07) is 0. The fraction of sp³-hybridized carbons (Fsp3) is 0.667. The zero-order chi connectivity index (χ0) is 14.1. The van der Waals surface area contributed by atoms with E-state index in [9.17, 15) is 4.79 Å². The molecule has 1 heterocycles. The van der Waals surface area contributed by atoms with E-state index in [0.717, 1.165) is 0 Å². The maximum atomic E-state index is 12.1. The first-order chi connectivity index (χ1) is 9.20. The molecule has 0 saturated heterocycles. The summed E-state index contributed by atoms with van der Waals surface area (Å²) in [6.07, 6.45) is 1.94. The monoisotopic (exact) mass is 334 g/mol. The van der Waals surface area contributed by atoms with Crippen molar-refractivity contribution in [3.63, 3.8) is 0 Å². The fourth-order valence-electron chi connectivity index (χ4n) is 1.51. The van der Waals surface area contributed by atoms with E-state index in [-0.39, 0.29) is 5.78 Å². The molecule has 0 aliphatic carbocycles. The molecule has 1 aromatic heterocycles. The Morgan fingerprint density at radius 3 is 2.68 bits per heavy atom. The molecule has 1 rings (SSSR count). The molecule has 6 nitrogen and oxygen atoms in total. The molecule has 0 fully saturated rings. The lowest BCUT2D eigenvalue weighted by atomic mass is 10.2. The molecule has 19 heavy (non-hydrogen) atoms. The molecule has 0 aliphatic heterocycles. The highest BCUT2D eigenvalue weighted by atomic mass is 79.9. The second-order valence-corrected chi connectivity index (χ2v) is 4.69. The quantitative estimate of drug-likeness (QED) is 0.479. The molecule has 108 valence electrons. The number of carbonyl (C=O) groups is 1. The van der Waals surface area contributed by atoms with Crippen LogP contribution in [0, 0.1) is 0 Å². The first-order valence-electron chi connectivity index (χ1n) is 6.00. The zero-order valence-electron chi connectivity index (χ0n) is 11.2. The Labute approximate surface area is 121 Å². The van der Waals surface area contributed by atoms with Gasteiger partial charge in [0.2, 0.25) is 0 Å². The van der Waals surface area contributed by atoms with Crippen molar-refractivity contribution >= 4 is 21.7 Å². The maximum absolute atomic E-state index is 12.1. The Balaban J connectivity index is 2.48. The van der Waals surface area contributed by atoms with Gasteiger partial charge in [-0.25, -0.2) is 0 Å². The van der Waals surface area contributed by atoms with Gasteiger partial charge in [0.25, 0.3) is 0 Å². The number of nitrogens with zero attached hydrogens (tertiary/aromatic N) is 2. The number of ketones is 1. The van der Waals surface area contributed by atoms with E-state index in [1.807, 2.05) is 0 Å². The van der Waals surface area contributed by atoms with E-state index in [0.29, 0.717) is 49.6 Å². The van der Waals surface area contributed by atoms with E-state index >= 15 is 0 Å². The number of Topliss-reactive ketones (excluding diaryl/α,β-unsaturated/α-hetero) is 1. The largest absolute Gasteiger partial charge is 0.383 e. The summed E-state index contributed by atoms with van der Waals surface area (Å²) in [5.41, 5.74) is 0.562. The minimum Gasteiger partial charge on any atom is -0.383 e. The van der Waals surface area contributed by atoms with Gasteiger partial charge in [0.1, 0.15) is 5.69 Å². The topological polar surface area (TPSA) is 62.6 Å². The number of rotatable bonds is 10. The summed E-state index contributed by atoms with van der Waals surface area (Å²) in [6.45, 7) is 2.47. The van der Waals surface area contributed by atoms with Crippen molar-refractivity contribution < 1.29 is 19.0 Å². The van der Waals surface area contributed by atoms with Crippen LogP contribution in [-0.4, -0.2) is 56.2 Å². The number of carbonyl (C=O) groups excluding carboxylic acids is 1. The highest BCUT2D eigenvalue weighted by Crippen LogP contribution is 2.17.